The first kappa shape index (κ1) is 46.5. The third-order valence-corrected chi connectivity index (χ3v) is 15.4. The average molecular weight is 883 g/mol. The van der Waals surface area contributed by atoms with Crippen molar-refractivity contribution >= 4 is 33.0 Å². The van der Waals surface area contributed by atoms with Gasteiger partial charge < -0.3 is 30.6 Å². The van der Waals surface area contributed by atoms with Crippen LogP contribution >= 0.6 is 0 Å². The highest BCUT2D eigenvalue weighted by atomic mass is 32.2. The van der Waals surface area contributed by atoms with Crippen molar-refractivity contribution in [1.29, 1.82) is 0 Å². The Morgan fingerprint density at radius 1 is 0.937 bits per heavy atom. The van der Waals surface area contributed by atoms with Gasteiger partial charge in [-0.2, -0.15) is 4.81 Å². The van der Waals surface area contributed by atoms with Gasteiger partial charge in [0.15, 0.2) is 5.69 Å². The van der Waals surface area contributed by atoms with E-state index in [1.54, 1.807) is 18.2 Å². The highest BCUT2D eigenvalue weighted by molar-refractivity contribution is 7.90. The molecule has 0 radical (unpaired) electrons. The number of hydroxylamine groups is 2. The van der Waals surface area contributed by atoms with Crippen LogP contribution in [-0.4, -0.2) is 94.5 Å². The number of hydrogen-bond donors (Lipinski definition) is 5. The molecule has 4 aromatic carbocycles. The van der Waals surface area contributed by atoms with Gasteiger partial charge in [0.1, 0.15) is 18.5 Å². The topological polar surface area (TPSA) is 167 Å². The lowest BCUT2D eigenvalue weighted by Crippen LogP contribution is -2.63. The van der Waals surface area contributed by atoms with Gasteiger partial charge >= 0.3 is 0 Å². The summed E-state index contributed by atoms with van der Waals surface area (Å²) in [6, 6.07) is 29.9. The summed E-state index contributed by atoms with van der Waals surface area (Å²) in [7, 11) is -3.54. The van der Waals surface area contributed by atoms with Gasteiger partial charge in [-0.3, -0.25) is 9.69 Å². The minimum atomic E-state index is -4.51. The standard InChI is InChI=1S/C49H66N6O7S/c1-35-43-31-37(49(43,2)3)32-45(35)54(27-11-15-36-13-7-5-8-14-36)38-22-28-53(29-23-38)39-18-20-42(47(33-39)62-40-16-9-6-10-17-40)48(57)52-63(60,61)41-19-21-44(46(34-41)55(4,58)59)51-25-12-24-50-26-30-56/h5-10,13-14,16-21,33-35,37-38,43,45,50-51,56,58H,11-12,15,22-32H2,1-4H3,(H,52,57)/t35-,37+,43-,45-/m0/s1. The normalized spacial score (nSPS) is 21.9. The predicted molar refractivity (Wildman–Crippen MR) is 250 cm³/mol. The number of nitrogens with one attached hydrogen (secondary N) is 3. The third kappa shape index (κ3) is 11.1. The zero-order valence-corrected chi connectivity index (χ0v) is 38.0. The molecule has 5 N–H and O–H groups in total. The zero-order chi connectivity index (χ0) is 44.8. The van der Waals surface area contributed by atoms with Crippen LogP contribution < -0.4 is 29.8 Å². The molecule has 1 heterocycles. The number of piperidine rings is 1. The van der Waals surface area contributed by atoms with Crippen LogP contribution in [0.1, 0.15) is 75.2 Å². The second-order valence-corrected chi connectivity index (χ2v) is 20.1. The summed E-state index contributed by atoms with van der Waals surface area (Å²) in [5.41, 5.74) is 2.73. The van der Waals surface area contributed by atoms with E-state index < -0.39 is 20.7 Å². The van der Waals surface area contributed by atoms with Crippen LogP contribution in [0.2, 0.25) is 0 Å². The number of benzene rings is 4. The highest BCUT2D eigenvalue weighted by Gasteiger charge is 2.57. The van der Waals surface area contributed by atoms with Gasteiger partial charge in [0.25, 0.3) is 15.9 Å². The lowest BCUT2D eigenvalue weighted by atomic mass is 9.44. The fraction of sp³-hybridized carbons (Fsp3) is 0.490. The number of nitrogens with zero attached hydrogens (tertiary/aromatic N) is 3. The van der Waals surface area contributed by atoms with Crippen LogP contribution in [0.15, 0.2) is 102 Å². The van der Waals surface area contributed by atoms with Crippen LogP contribution in [0.3, 0.4) is 0 Å². The Morgan fingerprint density at radius 3 is 2.32 bits per heavy atom. The van der Waals surface area contributed by atoms with Crippen molar-refractivity contribution in [2.24, 2.45) is 23.2 Å². The number of aliphatic hydroxyl groups is 1. The van der Waals surface area contributed by atoms with E-state index in [0.29, 0.717) is 55.2 Å². The van der Waals surface area contributed by atoms with Crippen molar-refractivity contribution in [1.82, 2.24) is 19.7 Å². The SMILES string of the molecule is C[C@@H]1[C@@H](N(CCCc2ccccc2)C2CCN(c3ccc(C(=O)NS(=O)(=O)c4ccc(NCCCNCCO)c([N+](C)([O-])O)c4)c(Oc4ccccc4)c3)CC2)C[C@H]2C[C@@H]1C2(C)C. The molecule has 1 saturated heterocycles. The van der Waals surface area contributed by atoms with Gasteiger partial charge in [0.05, 0.1) is 22.8 Å². The molecule has 0 aromatic heterocycles. The van der Waals surface area contributed by atoms with Gasteiger partial charge in [-0.15, -0.1) is 0 Å². The van der Waals surface area contributed by atoms with Gasteiger partial charge in [0, 0.05) is 56.1 Å². The molecule has 3 saturated carbocycles. The van der Waals surface area contributed by atoms with E-state index in [9.17, 15) is 23.6 Å². The van der Waals surface area contributed by atoms with E-state index in [1.165, 1.54) is 30.5 Å². The molecular weight excluding hydrogens is 817 g/mol. The molecule has 2 bridgehead atoms. The second kappa shape index (κ2) is 20.1. The smallest absolute Gasteiger partial charge is 0.268 e. The molecule has 1 aliphatic heterocycles. The predicted octanol–water partition coefficient (Wildman–Crippen LogP) is 7.78. The molecule has 3 aliphatic carbocycles. The molecule has 4 aromatic rings. The number of anilines is 2. The van der Waals surface area contributed by atoms with Crippen LogP contribution in [0.25, 0.3) is 0 Å². The number of carbonyl (C=O) groups excluding carboxylic acids is 1. The monoisotopic (exact) mass is 882 g/mol. The fourth-order valence-electron chi connectivity index (χ4n) is 10.4. The third-order valence-electron chi connectivity index (χ3n) is 14.0. The Kier molecular flexibility index (Phi) is 14.8. The van der Waals surface area contributed by atoms with Crippen LogP contribution in [0.5, 0.6) is 11.5 Å². The maximum absolute atomic E-state index is 13.9. The highest BCUT2D eigenvalue weighted by Crippen LogP contribution is 2.62. The molecule has 5 atom stereocenters. The van der Waals surface area contributed by atoms with E-state index in [4.69, 9.17) is 9.84 Å². The average Bonchev–Trinajstić information content (AvgIpc) is 3.26. The summed E-state index contributed by atoms with van der Waals surface area (Å²) < 4.78 is 35.9. The Labute approximate surface area is 373 Å². The first-order valence-corrected chi connectivity index (χ1v) is 24.1. The number of sulfonamides is 1. The molecule has 14 heteroatoms. The lowest BCUT2D eigenvalue weighted by molar-refractivity contribution is -0.145. The number of amides is 1. The molecule has 63 heavy (non-hydrogen) atoms. The number of rotatable bonds is 20. The Balaban J connectivity index is 1.06. The number of para-hydroxylation sites is 1. The van der Waals surface area contributed by atoms with E-state index in [2.05, 4.69) is 76.3 Å². The first-order chi connectivity index (χ1) is 30.2. The summed E-state index contributed by atoms with van der Waals surface area (Å²) in [5.74, 6) is 2.00. The Bertz CT molecular complexity index is 2250. The molecule has 8 rings (SSSR count). The number of fused-ring (bicyclic) bond motifs is 2. The summed E-state index contributed by atoms with van der Waals surface area (Å²) >= 11 is 0. The molecule has 4 aliphatic rings. The summed E-state index contributed by atoms with van der Waals surface area (Å²) in [6.45, 7) is 11.7. The number of aryl methyl sites for hydroxylation is 1. The number of quaternary nitrogens is 1. The fourth-order valence-corrected chi connectivity index (χ4v) is 11.4. The van der Waals surface area contributed by atoms with Crippen LogP contribution in [0, 0.1) is 28.4 Å². The zero-order valence-electron chi connectivity index (χ0n) is 37.2. The van der Waals surface area contributed by atoms with Crippen molar-refractivity contribution in [3.05, 3.63) is 113 Å². The molecule has 13 nitrogen and oxygen atoms in total. The summed E-state index contributed by atoms with van der Waals surface area (Å²) in [4.78, 5) is 16.9. The Morgan fingerprint density at radius 2 is 1.65 bits per heavy atom. The van der Waals surface area contributed by atoms with Gasteiger partial charge in [-0.1, -0.05) is 69.3 Å². The van der Waals surface area contributed by atoms with Gasteiger partial charge in [-0.05, 0) is 123 Å². The van der Waals surface area contributed by atoms with Crippen molar-refractivity contribution in [3.8, 4) is 11.5 Å². The van der Waals surface area contributed by atoms with E-state index in [1.807, 2.05) is 30.3 Å². The molecule has 4 fully saturated rings. The first-order valence-electron chi connectivity index (χ1n) is 22.6. The molecule has 340 valence electrons. The minimum absolute atomic E-state index is 0.0152. The van der Waals surface area contributed by atoms with E-state index in [-0.39, 0.29) is 34.2 Å². The summed E-state index contributed by atoms with van der Waals surface area (Å²) in [6.07, 6.45) is 7.48. The molecule has 0 spiro atoms. The minimum Gasteiger partial charge on any atom is -0.593 e. The summed E-state index contributed by atoms with van der Waals surface area (Å²) in [5, 5.41) is 38.3. The quantitative estimate of drug-likeness (QED) is 0.0334. The maximum atomic E-state index is 13.9. The lowest BCUT2D eigenvalue weighted by Gasteiger charge is -2.64. The van der Waals surface area contributed by atoms with E-state index in [0.717, 1.165) is 76.0 Å². The van der Waals surface area contributed by atoms with Crippen LogP contribution in [0.4, 0.5) is 17.1 Å². The Hall–Kier alpha value is -4.54. The van der Waals surface area contributed by atoms with Gasteiger partial charge in [-0.25, -0.2) is 18.3 Å². The molecule has 1 unspecified atom stereocenters. The van der Waals surface area contributed by atoms with Crippen molar-refractivity contribution in [2.45, 2.75) is 82.7 Å². The maximum Gasteiger partial charge on any atom is 0.268 e. The van der Waals surface area contributed by atoms with Crippen molar-refractivity contribution in [2.75, 3.05) is 63.1 Å². The number of aliphatic hydroxyl groups excluding tert-OH is 1. The van der Waals surface area contributed by atoms with Crippen LogP contribution in [-0.2, 0) is 16.4 Å². The number of carbonyl (C=O) groups is 1. The van der Waals surface area contributed by atoms with Crippen molar-refractivity contribution < 1.29 is 28.3 Å². The van der Waals surface area contributed by atoms with E-state index >= 15 is 0 Å². The number of hydrogen-bond acceptors (Lipinski definition) is 11. The second-order valence-electron chi connectivity index (χ2n) is 18.4. The molecule has 1 amide bonds. The van der Waals surface area contributed by atoms with Crippen molar-refractivity contribution in [3.63, 3.8) is 0 Å². The number of ether oxygens (including phenoxy) is 1. The van der Waals surface area contributed by atoms with Gasteiger partial charge in [0.2, 0.25) is 0 Å². The largest absolute Gasteiger partial charge is 0.593 e. The molecular formula is C49H66N6O7S.